The standard InChI is InChI=1S/C16H23NO/c1-5-6-12(2)17-11-13-7-8-15-14(9-13)10-16(3,4)18-15/h5,7-9,12,17H,1,6,10-11H2,2-4H3. The first-order valence-corrected chi connectivity index (χ1v) is 6.65. The summed E-state index contributed by atoms with van der Waals surface area (Å²) in [6.45, 7) is 11.1. The van der Waals surface area contributed by atoms with Crippen LogP contribution in [0.15, 0.2) is 30.9 Å². The molecule has 0 bridgehead atoms. The van der Waals surface area contributed by atoms with Gasteiger partial charge in [0, 0.05) is 19.0 Å². The molecule has 18 heavy (non-hydrogen) atoms. The van der Waals surface area contributed by atoms with E-state index < -0.39 is 0 Å². The fourth-order valence-electron chi connectivity index (χ4n) is 2.40. The Kier molecular flexibility index (Phi) is 3.76. The Morgan fingerprint density at radius 2 is 2.28 bits per heavy atom. The number of hydrogen-bond donors (Lipinski definition) is 1. The molecule has 0 amide bonds. The van der Waals surface area contributed by atoms with Gasteiger partial charge >= 0.3 is 0 Å². The van der Waals surface area contributed by atoms with Crippen molar-refractivity contribution < 1.29 is 4.74 Å². The maximum atomic E-state index is 5.88. The molecule has 2 nitrogen and oxygen atoms in total. The van der Waals surface area contributed by atoms with Crippen molar-refractivity contribution in [3.05, 3.63) is 42.0 Å². The minimum atomic E-state index is -0.0511. The van der Waals surface area contributed by atoms with E-state index in [4.69, 9.17) is 4.74 Å². The summed E-state index contributed by atoms with van der Waals surface area (Å²) in [5.74, 6) is 1.04. The fraction of sp³-hybridized carbons (Fsp3) is 0.500. The van der Waals surface area contributed by atoms with Gasteiger partial charge in [-0.2, -0.15) is 0 Å². The van der Waals surface area contributed by atoms with E-state index in [1.807, 2.05) is 6.08 Å². The fourth-order valence-corrected chi connectivity index (χ4v) is 2.40. The Balaban J connectivity index is 1.99. The van der Waals surface area contributed by atoms with Crippen LogP contribution in [-0.2, 0) is 13.0 Å². The molecule has 1 heterocycles. The maximum Gasteiger partial charge on any atom is 0.123 e. The zero-order chi connectivity index (χ0) is 13.2. The van der Waals surface area contributed by atoms with Crippen LogP contribution in [0.4, 0.5) is 0 Å². The van der Waals surface area contributed by atoms with Crippen molar-refractivity contribution >= 4 is 0 Å². The Morgan fingerprint density at radius 3 is 3.00 bits per heavy atom. The molecule has 1 atom stereocenters. The van der Waals surface area contributed by atoms with Crippen molar-refractivity contribution in [3.8, 4) is 5.75 Å². The molecule has 1 aliphatic heterocycles. The maximum absolute atomic E-state index is 5.88. The van der Waals surface area contributed by atoms with Crippen molar-refractivity contribution in [1.82, 2.24) is 5.32 Å². The van der Waals surface area contributed by atoms with Crippen molar-refractivity contribution in [2.24, 2.45) is 0 Å². The molecule has 1 aromatic carbocycles. The van der Waals surface area contributed by atoms with Crippen molar-refractivity contribution in [2.45, 2.75) is 51.8 Å². The molecule has 1 N–H and O–H groups in total. The molecule has 1 unspecified atom stereocenters. The number of fused-ring (bicyclic) bond motifs is 1. The second-order valence-electron chi connectivity index (χ2n) is 5.79. The molecular weight excluding hydrogens is 222 g/mol. The summed E-state index contributed by atoms with van der Waals surface area (Å²) in [7, 11) is 0. The van der Waals surface area contributed by atoms with Gasteiger partial charge in [0.15, 0.2) is 0 Å². The van der Waals surface area contributed by atoms with Gasteiger partial charge in [-0.25, -0.2) is 0 Å². The third kappa shape index (κ3) is 3.14. The molecule has 1 aromatic rings. The topological polar surface area (TPSA) is 21.3 Å². The van der Waals surface area contributed by atoms with Crippen molar-refractivity contribution in [2.75, 3.05) is 0 Å². The normalized spacial score (nSPS) is 17.9. The van der Waals surface area contributed by atoms with Gasteiger partial charge in [-0.1, -0.05) is 18.2 Å². The average molecular weight is 245 g/mol. The predicted molar refractivity (Wildman–Crippen MR) is 76.0 cm³/mol. The first-order valence-electron chi connectivity index (χ1n) is 6.65. The summed E-state index contributed by atoms with van der Waals surface area (Å²) in [6.07, 6.45) is 3.95. The summed E-state index contributed by atoms with van der Waals surface area (Å²) < 4.78 is 5.88. The summed E-state index contributed by atoms with van der Waals surface area (Å²) in [5, 5.41) is 3.50. The second kappa shape index (κ2) is 5.15. The van der Waals surface area contributed by atoms with Crippen LogP contribution in [0.25, 0.3) is 0 Å². The van der Waals surface area contributed by atoms with Crippen LogP contribution < -0.4 is 10.1 Å². The third-order valence-electron chi connectivity index (χ3n) is 3.30. The Bertz CT molecular complexity index is 437. The molecular formula is C16H23NO. The van der Waals surface area contributed by atoms with Gasteiger partial charge in [0.1, 0.15) is 11.4 Å². The zero-order valence-electron chi connectivity index (χ0n) is 11.6. The first-order chi connectivity index (χ1) is 8.50. The number of hydrogen-bond acceptors (Lipinski definition) is 2. The molecule has 0 aliphatic carbocycles. The second-order valence-corrected chi connectivity index (χ2v) is 5.79. The molecule has 2 rings (SSSR count). The third-order valence-corrected chi connectivity index (χ3v) is 3.30. The van der Waals surface area contributed by atoms with Gasteiger partial charge in [-0.05, 0) is 44.4 Å². The van der Waals surface area contributed by atoms with Crippen LogP contribution in [-0.4, -0.2) is 11.6 Å². The number of nitrogens with one attached hydrogen (secondary N) is 1. The van der Waals surface area contributed by atoms with Crippen LogP contribution >= 0.6 is 0 Å². The Labute approximate surface area is 110 Å². The molecule has 2 heteroatoms. The SMILES string of the molecule is C=CCC(C)NCc1ccc2c(c1)CC(C)(C)O2. The lowest BCUT2D eigenvalue weighted by Gasteiger charge is -2.16. The molecule has 0 aromatic heterocycles. The smallest absolute Gasteiger partial charge is 0.123 e. The van der Waals surface area contributed by atoms with Crippen LogP contribution in [0.2, 0.25) is 0 Å². The molecule has 98 valence electrons. The van der Waals surface area contributed by atoms with Crippen molar-refractivity contribution in [3.63, 3.8) is 0 Å². The van der Waals surface area contributed by atoms with Gasteiger partial charge in [-0.3, -0.25) is 0 Å². The van der Waals surface area contributed by atoms with Gasteiger partial charge in [-0.15, -0.1) is 6.58 Å². The van der Waals surface area contributed by atoms with E-state index in [0.29, 0.717) is 6.04 Å². The predicted octanol–water partition coefficient (Wildman–Crippen LogP) is 3.45. The number of ether oxygens (including phenoxy) is 1. The lowest BCUT2D eigenvalue weighted by atomic mass is 10.00. The number of rotatable bonds is 5. The lowest BCUT2D eigenvalue weighted by Crippen LogP contribution is -2.25. The molecule has 0 spiro atoms. The van der Waals surface area contributed by atoms with Crippen LogP contribution in [0.1, 0.15) is 38.3 Å². The summed E-state index contributed by atoms with van der Waals surface area (Å²) in [4.78, 5) is 0. The summed E-state index contributed by atoms with van der Waals surface area (Å²) in [5.41, 5.74) is 2.60. The average Bonchev–Trinajstić information content (AvgIpc) is 2.59. The van der Waals surface area contributed by atoms with Gasteiger partial charge in [0.2, 0.25) is 0 Å². The zero-order valence-corrected chi connectivity index (χ0v) is 11.6. The van der Waals surface area contributed by atoms with Gasteiger partial charge in [0.05, 0.1) is 0 Å². The largest absolute Gasteiger partial charge is 0.487 e. The molecule has 0 saturated heterocycles. The molecule has 0 saturated carbocycles. The van der Waals surface area contributed by atoms with Gasteiger partial charge in [0.25, 0.3) is 0 Å². The minimum Gasteiger partial charge on any atom is -0.487 e. The number of benzene rings is 1. The van der Waals surface area contributed by atoms with Gasteiger partial charge < -0.3 is 10.1 Å². The van der Waals surface area contributed by atoms with Crippen LogP contribution in [0, 0.1) is 0 Å². The monoisotopic (exact) mass is 245 g/mol. The summed E-state index contributed by atoms with van der Waals surface area (Å²) >= 11 is 0. The highest BCUT2D eigenvalue weighted by Crippen LogP contribution is 2.35. The highest BCUT2D eigenvalue weighted by Gasteiger charge is 2.29. The van der Waals surface area contributed by atoms with E-state index in [1.54, 1.807) is 0 Å². The highest BCUT2D eigenvalue weighted by atomic mass is 16.5. The Hall–Kier alpha value is -1.28. The molecule has 1 aliphatic rings. The lowest BCUT2D eigenvalue weighted by molar-refractivity contribution is 0.138. The van der Waals surface area contributed by atoms with Crippen molar-refractivity contribution in [1.29, 1.82) is 0 Å². The van der Waals surface area contributed by atoms with Crippen LogP contribution in [0.5, 0.6) is 5.75 Å². The molecule has 0 radical (unpaired) electrons. The van der Waals surface area contributed by atoms with Crippen LogP contribution in [0.3, 0.4) is 0 Å². The molecule has 0 fully saturated rings. The van der Waals surface area contributed by atoms with E-state index in [-0.39, 0.29) is 5.60 Å². The minimum absolute atomic E-state index is 0.0511. The van der Waals surface area contributed by atoms with E-state index in [1.165, 1.54) is 11.1 Å². The van der Waals surface area contributed by atoms with E-state index in [0.717, 1.165) is 25.1 Å². The highest BCUT2D eigenvalue weighted by molar-refractivity contribution is 5.41. The van der Waals surface area contributed by atoms with E-state index in [2.05, 4.69) is 50.9 Å². The van der Waals surface area contributed by atoms with E-state index in [9.17, 15) is 0 Å². The van der Waals surface area contributed by atoms with E-state index >= 15 is 0 Å². The quantitative estimate of drug-likeness (QED) is 0.802. The first kappa shape index (κ1) is 13.2. The summed E-state index contributed by atoms with van der Waals surface area (Å²) in [6, 6.07) is 6.98. The Morgan fingerprint density at radius 1 is 1.50 bits per heavy atom.